The van der Waals surface area contributed by atoms with Gasteiger partial charge in [0.2, 0.25) is 0 Å². The number of aryl methyl sites for hydroxylation is 1. The zero-order valence-electron chi connectivity index (χ0n) is 13.0. The van der Waals surface area contributed by atoms with Crippen LogP contribution in [0.2, 0.25) is 0 Å². The van der Waals surface area contributed by atoms with Crippen LogP contribution >= 0.6 is 0 Å². The maximum Gasteiger partial charge on any atom is 0.159 e. The third-order valence-corrected chi connectivity index (χ3v) is 3.49. The third-order valence-electron chi connectivity index (χ3n) is 3.49. The highest BCUT2D eigenvalue weighted by atomic mass is 16.5. The van der Waals surface area contributed by atoms with E-state index in [-0.39, 0.29) is 0 Å². The summed E-state index contributed by atoms with van der Waals surface area (Å²) in [6.07, 6.45) is 9.65. The van der Waals surface area contributed by atoms with Gasteiger partial charge in [-0.2, -0.15) is 0 Å². The molecule has 0 aliphatic carbocycles. The number of hydrogen-bond acceptors (Lipinski definition) is 3. The van der Waals surface area contributed by atoms with Gasteiger partial charge >= 0.3 is 0 Å². The van der Waals surface area contributed by atoms with Crippen molar-refractivity contribution >= 4 is 0 Å². The van der Waals surface area contributed by atoms with Crippen LogP contribution in [0.25, 0.3) is 11.4 Å². The second kappa shape index (κ2) is 8.40. The van der Waals surface area contributed by atoms with E-state index < -0.39 is 0 Å². The molecule has 21 heavy (non-hydrogen) atoms. The van der Waals surface area contributed by atoms with Crippen molar-refractivity contribution < 1.29 is 4.74 Å². The first-order chi connectivity index (χ1) is 10.3. The smallest absolute Gasteiger partial charge is 0.159 e. The summed E-state index contributed by atoms with van der Waals surface area (Å²) in [5.74, 6) is 1.68. The summed E-state index contributed by atoms with van der Waals surface area (Å²) >= 11 is 0. The first-order valence-corrected chi connectivity index (χ1v) is 7.87. The minimum atomic E-state index is 0.765. The Bertz CT molecular complexity index is 520. The lowest BCUT2D eigenvalue weighted by molar-refractivity contribution is 0.305. The highest BCUT2D eigenvalue weighted by Crippen LogP contribution is 2.19. The van der Waals surface area contributed by atoms with Crippen molar-refractivity contribution in [3.63, 3.8) is 0 Å². The molecule has 0 saturated carbocycles. The molecule has 3 heteroatoms. The third kappa shape index (κ3) is 4.85. The van der Waals surface area contributed by atoms with E-state index in [1.54, 1.807) is 0 Å². The summed E-state index contributed by atoms with van der Waals surface area (Å²) in [4.78, 5) is 8.79. The van der Waals surface area contributed by atoms with Gasteiger partial charge in [-0.05, 0) is 42.7 Å². The minimum Gasteiger partial charge on any atom is -0.494 e. The van der Waals surface area contributed by atoms with E-state index in [0.29, 0.717) is 0 Å². The highest BCUT2D eigenvalue weighted by molar-refractivity contribution is 5.55. The first kappa shape index (κ1) is 15.5. The van der Waals surface area contributed by atoms with Gasteiger partial charge in [0, 0.05) is 18.0 Å². The normalized spacial score (nSPS) is 10.6. The number of nitrogens with zero attached hydrogens (tertiary/aromatic N) is 2. The van der Waals surface area contributed by atoms with Crippen LogP contribution in [0.15, 0.2) is 36.7 Å². The quantitative estimate of drug-likeness (QED) is 0.661. The molecular formula is C18H24N2O. The molecule has 1 heterocycles. The van der Waals surface area contributed by atoms with Crippen molar-refractivity contribution in [1.29, 1.82) is 0 Å². The van der Waals surface area contributed by atoms with Gasteiger partial charge in [0.1, 0.15) is 5.75 Å². The molecule has 0 radical (unpaired) electrons. The van der Waals surface area contributed by atoms with Crippen LogP contribution in [0.4, 0.5) is 0 Å². The van der Waals surface area contributed by atoms with Crippen molar-refractivity contribution in [2.45, 2.75) is 46.0 Å². The lowest BCUT2D eigenvalue weighted by atomic mass is 10.2. The Kier molecular flexibility index (Phi) is 6.20. The average Bonchev–Trinajstić information content (AvgIpc) is 2.55. The van der Waals surface area contributed by atoms with E-state index in [1.807, 2.05) is 36.7 Å². The van der Waals surface area contributed by atoms with Crippen LogP contribution in [-0.2, 0) is 6.42 Å². The van der Waals surface area contributed by atoms with Crippen molar-refractivity contribution in [3.8, 4) is 17.1 Å². The summed E-state index contributed by atoms with van der Waals surface area (Å²) in [6.45, 7) is 5.11. The maximum absolute atomic E-state index is 5.74. The van der Waals surface area contributed by atoms with Crippen molar-refractivity contribution in [1.82, 2.24) is 9.97 Å². The fourth-order valence-electron chi connectivity index (χ4n) is 2.11. The molecule has 2 aromatic rings. The zero-order valence-corrected chi connectivity index (χ0v) is 13.0. The Labute approximate surface area is 127 Å². The molecule has 0 atom stereocenters. The van der Waals surface area contributed by atoms with Gasteiger partial charge in [-0.3, -0.25) is 0 Å². The monoisotopic (exact) mass is 284 g/mol. The average molecular weight is 284 g/mol. The van der Waals surface area contributed by atoms with Crippen LogP contribution < -0.4 is 4.74 Å². The van der Waals surface area contributed by atoms with Crippen LogP contribution in [0.3, 0.4) is 0 Å². The highest BCUT2D eigenvalue weighted by Gasteiger charge is 2.02. The molecule has 112 valence electrons. The maximum atomic E-state index is 5.74. The summed E-state index contributed by atoms with van der Waals surface area (Å²) in [7, 11) is 0. The Balaban J connectivity index is 1.88. The van der Waals surface area contributed by atoms with Crippen molar-refractivity contribution in [2.24, 2.45) is 0 Å². The van der Waals surface area contributed by atoms with E-state index in [0.717, 1.165) is 42.1 Å². The molecule has 0 N–H and O–H groups in total. The molecule has 0 unspecified atom stereocenters. The number of aromatic nitrogens is 2. The molecule has 0 amide bonds. The molecule has 0 aliphatic heterocycles. The lowest BCUT2D eigenvalue weighted by Gasteiger charge is -2.07. The Hall–Kier alpha value is -1.90. The Morgan fingerprint density at radius 3 is 2.24 bits per heavy atom. The second-order valence-corrected chi connectivity index (χ2v) is 5.20. The van der Waals surface area contributed by atoms with E-state index in [1.165, 1.54) is 19.3 Å². The van der Waals surface area contributed by atoms with Crippen LogP contribution in [0.1, 0.15) is 45.1 Å². The van der Waals surface area contributed by atoms with Gasteiger partial charge in [0.15, 0.2) is 5.82 Å². The molecule has 0 spiro atoms. The van der Waals surface area contributed by atoms with Crippen LogP contribution in [0, 0.1) is 0 Å². The summed E-state index contributed by atoms with van der Waals surface area (Å²) in [6, 6.07) is 8.02. The summed E-state index contributed by atoms with van der Waals surface area (Å²) in [5.41, 5.74) is 2.18. The van der Waals surface area contributed by atoms with Gasteiger partial charge in [0.25, 0.3) is 0 Å². The van der Waals surface area contributed by atoms with E-state index in [4.69, 9.17) is 4.74 Å². The second-order valence-electron chi connectivity index (χ2n) is 5.20. The molecule has 0 fully saturated rings. The predicted octanol–water partition coefficient (Wildman–Crippen LogP) is 4.67. The lowest BCUT2D eigenvalue weighted by Crippen LogP contribution is -1.97. The SMILES string of the molecule is CCCCCCOc1ccc(-c2ncc(CC)cn2)cc1. The summed E-state index contributed by atoms with van der Waals surface area (Å²) < 4.78 is 5.74. The number of rotatable bonds is 8. The molecule has 1 aromatic heterocycles. The van der Waals surface area contributed by atoms with Gasteiger partial charge < -0.3 is 4.74 Å². The van der Waals surface area contributed by atoms with E-state index >= 15 is 0 Å². The van der Waals surface area contributed by atoms with Gasteiger partial charge in [-0.1, -0.05) is 33.1 Å². The van der Waals surface area contributed by atoms with Gasteiger partial charge in [-0.15, -0.1) is 0 Å². The van der Waals surface area contributed by atoms with E-state index in [2.05, 4.69) is 23.8 Å². The molecule has 0 saturated heterocycles. The fourth-order valence-corrected chi connectivity index (χ4v) is 2.11. The number of benzene rings is 1. The molecule has 0 aliphatic rings. The molecule has 3 nitrogen and oxygen atoms in total. The van der Waals surface area contributed by atoms with Crippen LogP contribution in [0.5, 0.6) is 5.75 Å². The van der Waals surface area contributed by atoms with E-state index in [9.17, 15) is 0 Å². The topological polar surface area (TPSA) is 35.0 Å². The molecular weight excluding hydrogens is 260 g/mol. The number of hydrogen-bond donors (Lipinski definition) is 0. The number of ether oxygens (including phenoxy) is 1. The predicted molar refractivity (Wildman–Crippen MR) is 86.5 cm³/mol. The standard InChI is InChI=1S/C18H24N2O/c1-3-5-6-7-12-21-17-10-8-16(9-11-17)18-19-13-15(4-2)14-20-18/h8-11,13-14H,3-7,12H2,1-2H3. The van der Waals surface area contributed by atoms with Gasteiger partial charge in [-0.25, -0.2) is 9.97 Å². The Morgan fingerprint density at radius 1 is 0.905 bits per heavy atom. The molecule has 1 aromatic carbocycles. The van der Waals surface area contributed by atoms with Crippen LogP contribution in [-0.4, -0.2) is 16.6 Å². The minimum absolute atomic E-state index is 0.765. The first-order valence-electron chi connectivity index (χ1n) is 7.87. The van der Waals surface area contributed by atoms with Gasteiger partial charge in [0.05, 0.1) is 6.61 Å². The number of unbranched alkanes of at least 4 members (excludes halogenated alkanes) is 3. The zero-order chi connectivity index (χ0) is 14.9. The van der Waals surface area contributed by atoms with Crippen molar-refractivity contribution in [3.05, 3.63) is 42.2 Å². The summed E-state index contributed by atoms with van der Waals surface area (Å²) in [5, 5.41) is 0. The van der Waals surface area contributed by atoms with Crippen molar-refractivity contribution in [2.75, 3.05) is 6.61 Å². The fraction of sp³-hybridized carbons (Fsp3) is 0.444. The largest absolute Gasteiger partial charge is 0.494 e. The Morgan fingerprint density at radius 2 is 1.62 bits per heavy atom. The molecule has 0 bridgehead atoms. The molecule has 2 rings (SSSR count).